The zero-order chi connectivity index (χ0) is 23.4. The minimum Gasteiger partial charge on any atom is -0.497 e. The van der Waals surface area contributed by atoms with E-state index in [9.17, 15) is 20.0 Å². The average Bonchev–Trinajstić information content (AvgIpc) is 2.78. The van der Waals surface area contributed by atoms with Gasteiger partial charge in [0.05, 0.1) is 19.2 Å². The van der Waals surface area contributed by atoms with Crippen LogP contribution in [0.2, 0.25) is 5.02 Å². The standard InChI is InChI=1S/C24H21ClN2O5/c1-14-10-18(8-9-20(14)25)32-13-21(28)22-15(2)19(11-26)23(29)27(24(22)30)12-16-4-6-17(31-3)7-5-16/h4-10,30H,12-13H2,1-3H3. The van der Waals surface area contributed by atoms with Crippen LogP contribution in [0.15, 0.2) is 47.3 Å². The monoisotopic (exact) mass is 452 g/mol. The number of hydrogen-bond donors (Lipinski definition) is 1. The quantitative estimate of drug-likeness (QED) is 0.543. The molecule has 0 aliphatic heterocycles. The minimum absolute atomic E-state index is 0.0266. The van der Waals surface area contributed by atoms with Crippen LogP contribution in [-0.2, 0) is 6.54 Å². The number of nitriles is 1. The van der Waals surface area contributed by atoms with Crippen LogP contribution in [-0.4, -0.2) is 29.2 Å². The maximum Gasteiger partial charge on any atom is 0.271 e. The second kappa shape index (κ2) is 9.58. The topological polar surface area (TPSA) is 102 Å². The molecule has 1 N–H and O–H groups in total. The van der Waals surface area contributed by atoms with Crippen molar-refractivity contribution in [1.82, 2.24) is 4.57 Å². The molecule has 7 nitrogen and oxygen atoms in total. The average molecular weight is 453 g/mol. The molecule has 164 valence electrons. The van der Waals surface area contributed by atoms with Crippen LogP contribution in [0.1, 0.15) is 32.6 Å². The van der Waals surface area contributed by atoms with Crippen molar-refractivity contribution >= 4 is 17.4 Å². The maximum atomic E-state index is 12.9. The van der Waals surface area contributed by atoms with Gasteiger partial charge in [-0.15, -0.1) is 0 Å². The van der Waals surface area contributed by atoms with E-state index in [0.29, 0.717) is 22.1 Å². The first-order valence-electron chi connectivity index (χ1n) is 9.68. The predicted octanol–water partition coefficient (Wildman–Crippen LogP) is 4.01. The number of pyridine rings is 1. The maximum absolute atomic E-state index is 12.9. The highest BCUT2D eigenvalue weighted by atomic mass is 35.5. The van der Waals surface area contributed by atoms with Crippen molar-refractivity contribution in [3.63, 3.8) is 0 Å². The molecule has 32 heavy (non-hydrogen) atoms. The fourth-order valence-corrected chi connectivity index (χ4v) is 3.39. The number of Topliss-reactive ketones (excluding diaryl/α,β-unsaturated/α-hetero) is 1. The predicted molar refractivity (Wildman–Crippen MR) is 120 cm³/mol. The van der Waals surface area contributed by atoms with Crippen LogP contribution in [0.4, 0.5) is 0 Å². The lowest BCUT2D eigenvalue weighted by Crippen LogP contribution is -2.28. The van der Waals surface area contributed by atoms with E-state index in [4.69, 9.17) is 21.1 Å². The van der Waals surface area contributed by atoms with Gasteiger partial charge in [-0.1, -0.05) is 23.7 Å². The van der Waals surface area contributed by atoms with E-state index in [-0.39, 0.29) is 29.8 Å². The third-order valence-corrected chi connectivity index (χ3v) is 5.50. The number of hydrogen-bond acceptors (Lipinski definition) is 6. The van der Waals surface area contributed by atoms with Crippen molar-refractivity contribution < 1.29 is 19.4 Å². The van der Waals surface area contributed by atoms with Crippen molar-refractivity contribution in [3.05, 3.63) is 85.7 Å². The van der Waals surface area contributed by atoms with Crippen LogP contribution in [0.5, 0.6) is 17.4 Å². The molecule has 8 heteroatoms. The van der Waals surface area contributed by atoms with E-state index < -0.39 is 17.2 Å². The van der Waals surface area contributed by atoms with Crippen LogP contribution >= 0.6 is 11.6 Å². The van der Waals surface area contributed by atoms with E-state index in [0.717, 1.165) is 10.1 Å². The van der Waals surface area contributed by atoms with Gasteiger partial charge in [0.2, 0.25) is 11.7 Å². The van der Waals surface area contributed by atoms with Gasteiger partial charge in [0, 0.05) is 5.02 Å². The summed E-state index contributed by atoms with van der Waals surface area (Å²) in [5.41, 5.74) is 0.575. The molecule has 0 saturated carbocycles. The molecule has 3 aromatic rings. The van der Waals surface area contributed by atoms with Crippen LogP contribution in [0.3, 0.4) is 0 Å². The number of methoxy groups -OCH3 is 1. The van der Waals surface area contributed by atoms with E-state index in [1.165, 1.54) is 14.0 Å². The number of aryl methyl sites for hydroxylation is 1. The summed E-state index contributed by atoms with van der Waals surface area (Å²) in [7, 11) is 1.54. The van der Waals surface area contributed by atoms with Crippen LogP contribution in [0.25, 0.3) is 0 Å². The molecule has 0 bridgehead atoms. The highest BCUT2D eigenvalue weighted by molar-refractivity contribution is 6.31. The van der Waals surface area contributed by atoms with Crippen molar-refractivity contribution in [2.75, 3.05) is 13.7 Å². The Morgan fingerprint density at radius 1 is 1.16 bits per heavy atom. The molecule has 3 rings (SSSR count). The normalized spacial score (nSPS) is 10.5. The summed E-state index contributed by atoms with van der Waals surface area (Å²) in [5.74, 6) is -0.00219. The zero-order valence-electron chi connectivity index (χ0n) is 17.8. The Kier molecular flexibility index (Phi) is 6.86. The Bertz CT molecular complexity index is 1270. The largest absolute Gasteiger partial charge is 0.497 e. The Balaban J connectivity index is 1.96. The van der Waals surface area contributed by atoms with Gasteiger partial charge in [0.15, 0.2) is 6.61 Å². The van der Waals surface area contributed by atoms with Crippen molar-refractivity contribution in [2.45, 2.75) is 20.4 Å². The van der Waals surface area contributed by atoms with Gasteiger partial charge in [0.25, 0.3) is 5.56 Å². The van der Waals surface area contributed by atoms with E-state index in [1.807, 2.05) is 6.07 Å². The van der Waals surface area contributed by atoms with Crippen molar-refractivity contribution in [1.29, 1.82) is 5.26 Å². The summed E-state index contributed by atoms with van der Waals surface area (Å²) in [6.45, 7) is 2.85. The molecule has 0 fully saturated rings. The smallest absolute Gasteiger partial charge is 0.271 e. The summed E-state index contributed by atoms with van der Waals surface area (Å²) >= 11 is 6.00. The van der Waals surface area contributed by atoms with Crippen LogP contribution < -0.4 is 15.0 Å². The summed E-state index contributed by atoms with van der Waals surface area (Å²) in [5, 5.41) is 20.9. The first kappa shape index (κ1) is 22.9. The van der Waals surface area contributed by atoms with Crippen molar-refractivity contribution in [3.8, 4) is 23.4 Å². The summed E-state index contributed by atoms with van der Waals surface area (Å²) in [4.78, 5) is 25.7. The lowest BCUT2D eigenvalue weighted by Gasteiger charge is -2.16. The highest BCUT2D eigenvalue weighted by Gasteiger charge is 2.24. The zero-order valence-corrected chi connectivity index (χ0v) is 18.6. The number of aromatic nitrogens is 1. The molecular formula is C24H21ClN2O5. The Labute approximate surface area is 190 Å². The van der Waals surface area contributed by atoms with E-state index in [2.05, 4.69) is 0 Å². The number of carbonyl (C=O) groups excluding carboxylic acids is 1. The number of aromatic hydroxyl groups is 1. The number of nitrogens with zero attached hydrogens (tertiary/aromatic N) is 2. The molecule has 1 heterocycles. The molecule has 0 unspecified atom stereocenters. The minimum atomic E-state index is -0.677. The van der Waals surface area contributed by atoms with Crippen LogP contribution in [0, 0.1) is 25.2 Å². The SMILES string of the molecule is COc1ccc(Cn2c(O)c(C(=O)COc3ccc(Cl)c(C)c3)c(C)c(C#N)c2=O)cc1. The van der Waals surface area contributed by atoms with Gasteiger partial charge in [-0.25, -0.2) is 0 Å². The third kappa shape index (κ3) is 4.61. The summed E-state index contributed by atoms with van der Waals surface area (Å²) in [6.07, 6.45) is 0. The molecule has 0 radical (unpaired) electrons. The fraction of sp³-hybridized carbons (Fsp3) is 0.208. The first-order valence-corrected chi connectivity index (χ1v) is 10.1. The van der Waals surface area contributed by atoms with Gasteiger partial charge in [-0.2, -0.15) is 5.26 Å². The molecule has 0 saturated heterocycles. The Hall–Kier alpha value is -3.76. The fourth-order valence-electron chi connectivity index (χ4n) is 3.27. The van der Waals surface area contributed by atoms with Gasteiger partial charge in [-0.3, -0.25) is 14.2 Å². The summed E-state index contributed by atoms with van der Waals surface area (Å²) in [6, 6.07) is 13.7. The number of ketones is 1. The third-order valence-electron chi connectivity index (χ3n) is 5.08. The van der Waals surface area contributed by atoms with Gasteiger partial charge >= 0.3 is 0 Å². The molecule has 0 aliphatic carbocycles. The molecule has 2 aromatic carbocycles. The van der Waals surface area contributed by atoms with Gasteiger partial charge < -0.3 is 14.6 Å². The van der Waals surface area contributed by atoms with Gasteiger partial charge in [-0.05, 0) is 60.9 Å². The lowest BCUT2D eigenvalue weighted by atomic mass is 10.0. The Morgan fingerprint density at radius 2 is 1.81 bits per heavy atom. The first-order chi connectivity index (χ1) is 15.3. The second-order valence-electron chi connectivity index (χ2n) is 7.17. The highest BCUT2D eigenvalue weighted by Crippen LogP contribution is 2.25. The number of benzene rings is 2. The molecule has 0 amide bonds. The molecule has 1 aromatic heterocycles. The van der Waals surface area contributed by atoms with Crippen molar-refractivity contribution in [2.24, 2.45) is 0 Å². The summed E-state index contributed by atoms with van der Waals surface area (Å²) < 4.78 is 11.7. The second-order valence-corrected chi connectivity index (χ2v) is 7.58. The van der Waals surface area contributed by atoms with Gasteiger partial charge in [0.1, 0.15) is 23.1 Å². The number of rotatable bonds is 7. The van der Waals surface area contributed by atoms with E-state index >= 15 is 0 Å². The molecule has 0 spiro atoms. The number of halogens is 1. The molecule has 0 aliphatic rings. The molecular weight excluding hydrogens is 432 g/mol. The number of ether oxygens (including phenoxy) is 2. The van der Waals surface area contributed by atoms with E-state index in [1.54, 1.807) is 49.4 Å². The molecule has 0 atom stereocenters. The lowest BCUT2D eigenvalue weighted by molar-refractivity contribution is 0.0916. The Morgan fingerprint density at radius 3 is 2.41 bits per heavy atom. The number of carbonyl (C=O) groups is 1.